The molecule has 6 nitrogen and oxygen atoms in total. The van der Waals surface area contributed by atoms with Crippen LogP contribution in [0.1, 0.15) is 44.7 Å². The van der Waals surface area contributed by atoms with Crippen LogP contribution in [0.3, 0.4) is 0 Å². The molecule has 0 spiro atoms. The summed E-state index contributed by atoms with van der Waals surface area (Å²) in [5, 5.41) is 2.87. The van der Waals surface area contributed by atoms with Crippen molar-refractivity contribution in [3.8, 4) is 0 Å². The number of benzene rings is 2. The zero-order chi connectivity index (χ0) is 19.4. The van der Waals surface area contributed by atoms with Crippen LogP contribution in [0.4, 0.5) is 5.69 Å². The second kappa shape index (κ2) is 8.03. The zero-order valence-electron chi connectivity index (χ0n) is 15.5. The molecule has 27 heavy (non-hydrogen) atoms. The van der Waals surface area contributed by atoms with Gasteiger partial charge < -0.3 is 15.0 Å². The molecule has 2 aromatic carbocycles. The number of likely N-dealkylation sites (tertiary alicyclic amines) is 1. The number of hydrogen-bond acceptors (Lipinski definition) is 4. The minimum atomic E-state index is -0.417. The van der Waals surface area contributed by atoms with E-state index < -0.39 is 5.97 Å². The van der Waals surface area contributed by atoms with Gasteiger partial charge in [-0.3, -0.25) is 9.59 Å². The molecule has 6 heteroatoms. The molecule has 140 valence electrons. The molecule has 0 bridgehead atoms. The van der Waals surface area contributed by atoms with E-state index in [-0.39, 0.29) is 11.8 Å². The average molecular weight is 366 g/mol. The summed E-state index contributed by atoms with van der Waals surface area (Å²) in [5.41, 5.74) is 3.29. The van der Waals surface area contributed by atoms with Crippen molar-refractivity contribution in [1.29, 1.82) is 0 Å². The second-order valence-corrected chi connectivity index (χ2v) is 6.59. The summed E-state index contributed by atoms with van der Waals surface area (Å²) in [6.45, 7) is 3.10. The van der Waals surface area contributed by atoms with E-state index >= 15 is 0 Å². The summed E-state index contributed by atoms with van der Waals surface area (Å²) in [5.74, 6) is -0.496. The number of ether oxygens (including phenoxy) is 1. The first-order valence-electron chi connectivity index (χ1n) is 8.85. The van der Waals surface area contributed by atoms with Crippen LogP contribution in [0, 0.1) is 6.92 Å². The molecule has 1 saturated heterocycles. The SMILES string of the molecule is COC(=O)c1ccc(NC(=O)c2cccc(CN3CCCC3=O)c2)c(C)c1. The van der Waals surface area contributed by atoms with Gasteiger partial charge in [-0.15, -0.1) is 0 Å². The molecular weight excluding hydrogens is 344 g/mol. The van der Waals surface area contributed by atoms with Crippen LogP contribution in [0.15, 0.2) is 42.5 Å². The monoisotopic (exact) mass is 366 g/mol. The van der Waals surface area contributed by atoms with Crippen LogP contribution in [0.5, 0.6) is 0 Å². The number of carbonyl (C=O) groups is 3. The molecule has 0 aromatic heterocycles. The van der Waals surface area contributed by atoms with Gasteiger partial charge in [0.25, 0.3) is 5.91 Å². The van der Waals surface area contributed by atoms with Crippen molar-refractivity contribution >= 4 is 23.5 Å². The van der Waals surface area contributed by atoms with Crippen molar-refractivity contribution in [3.63, 3.8) is 0 Å². The standard InChI is InChI=1S/C21H22N2O4/c1-14-11-17(21(26)27-2)8-9-18(14)22-20(25)16-6-3-5-15(12-16)13-23-10-4-7-19(23)24/h3,5-6,8-9,11-12H,4,7,10,13H2,1-2H3,(H,22,25). The molecule has 0 atom stereocenters. The zero-order valence-corrected chi connectivity index (χ0v) is 15.5. The molecule has 1 N–H and O–H groups in total. The number of anilines is 1. The van der Waals surface area contributed by atoms with Crippen LogP contribution in [-0.2, 0) is 16.1 Å². The molecule has 1 aliphatic heterocycles. The third-order valence-corrected chi connectivity index (χ3v) is 4.63. The largest absolute Gasteiger partial charge is 0.465 e. The topological polar surface area (TPSA) is 75.7 Å². The van der Waals surface area contributed by atoms with Crippen molar-refractivity contribution in [1.82, 2.24) is 4.90 Å². The van der Waals surface area contributed by atoms with Crippen LogP contribution in [0.25, 0.3) is 0 Å². The van der Waals surface area contributed by atoms with Crippen molar-refractivity contribution in [3.05, 3.63) is 64.7 Å². The van der Waals surface area contributed by atoms with E-state index in [4.69, 9.17) is 4.74 Å². The van der Waals surface area contributed by atoms with Crippen molar-refractivity contribution < 1.29 is 19.1 Å². The molecule has 0 aliphatic carbocycles. The fourth-order valence-electron chi connectivity index (χ4n) is 3.15. The summed E-state index contributed by atoms with van der Waals surface area (Å²) in [6, 6.07) is 12.3. The summed E-state index contributed by atoms with van der Waals surface area (Å²) in [7, 11) is 1.33. The van der Waals surface area contributed by atoms with E-state index in [0.717, 1.165) is 24.1 Å². The maximum Gasteiger partial charge on any atom is 0.337 e. The molecule has 0 unspecified atom stereocenters. The highest BCUT2D eigenvalue weighted by molar-refractivity contribution is 6.05. The molecule has 2 aromatic rings. The summed E-state index contributed by atoms with van der Waals surface area (Å²) in [6.07, 6.45) is 1.49. The number of hydrogen-bond donors (Lipinski definition) is 1. The van der Waals surface area contributed by atoms with E-state index in [0.29, 0.717) is 29.8 Å². The van der Waals surface area contributed by atoms with E-state index in [1.165, 1.54) is 7.11 Å². The Bertz CT molecular complexity index is 892. The van der Waals surface area contributed by atoms with E-state index in [1.807, 2.05) is 24.0 Å². The fourth-order valence-corrected chi connectivity index (χ4v) is 3.15. The number of nitrogens with one attached hydrogen (secondary N) is 1. The molecular formula is C21H22N2O4. The minimum absolute atomic E-state index is 0.158. The highest BCUT2D eigenvalue weighted by Crippen LogP contribution is 2.19. The Morgan fingerprint density at radius 1 is 1.15 bits per heavy atom. The number of rotatable bonds is 5. The Morgan fingerprint density at radius 3 is 2.63 bits per heavy atom. The lowest BCUT2D eigenvalue weighted by atomic mass is 10.1. The highest BCUT2D eigenvalue weighted by Gasteiger charge is 2.20. The van der Waals surface area contributed by atoms with E-state index in [2.05, 4.69) is 5.32 Å². The quantitative estimate of drug-likeness (QED) is 0.825. The van der Waals surface area contributed by atoms with Crippen molar-refractivity contribution in [2.75, 3.05) is 19.0 Å². The Kier molecular flexibility index (Phi) is 5.54. The predicted octanol–water partition coefficient (Wildman–Crippen LogP) is 3.16. The molecule has 1 aliphatic rings. The van der Waals surface area contributed by atoms with Gasteiger partial charge in [-0.1, -0.05) is 12.1 Å². The Hall–Kier alpha value is -3.15. The van der Waals surface area contributed by atoms with Crippen LogP contribution in [0.2, 0.25) is 0 Å². The highest BCUT2D eigenvalue weighted by atomic mass is 16.5. The number of esters is 1. The number of methoxy groups -OCH3 is 1. The Balaban J connectivity index is 1.72. The lowest BCUT2D eigenvalue weighted by Gasteiger charge is -2.16. The van der Waals surface area contributed by atoms with Gasteiger partial charge in [-0.05, 0) is 54.8 Å². The van der Waals surface area contributed by atoms with Crippen molar-refractivity contribution in [2.24, 2.45) is 0 Å². The number of amides is 2. The molecule has 2 amide bonds. The maximum absolute atomic E-state index is 12.6. The second-order valence-electron chi connectivity index (χ2n) is 6.59. The van der Waals surface area contributed by atoms with Gasteiger partial charge in [0, 0.05) is 30.8 Å². The Labute approximate surface area is 158 Å². The fraction of sp³-hybridized carbons (Fsp3) is 0.286. The van der Waals surface area contributed by atoms with Crippen molar-refractivity contribution in [2.45, 2.75) is 26.3 Å². The van der Waals surface area contributed by atoms with Gasteiger partial charge in [0.2, 0.25) is 5.91 Å². The number of carbonyl (C=O) groups excluding carboxylic acids is 3. The summed E-state index contributed by atoms with van der Waals surface area (Å²) >= 11 is 0. The van der Waals surface area contributed by atoms with Gasteiger partial charge in [0.05, 0.1) is 12.7 Å². The summed E-state index contributed by atoms with van der Waals surface area (Å²) in [4.78, 5) is 37.8. The minimum Gasteiger partial charge on any atom is -0.465 e. The van der Waals surface area contributed by atoms with Gasteiger partial charge in [-0.2, -0.15) is 0 Å². The molecule has 0 radical (unpaired) electrons. The van der Waals surface area contributed by atoms with Gasteiger partial charge in [0.1, 0.15) is 0 Å². The van der Waals surface area contributed by atoms with E-state index in [9.17, 15) is 14.4 Å². The van der Waals surface area contributed by atoms with E-state index in [1.54, 1.807) is 30.3 Å². The van der Waals surface area contributed by atoms with Crippen LogP contribution < -0.4 is 5.32 Å². The van der Waals surface area contributed by atoms with Gasteiger partial charge in [-0.25, -0.2) is 4.79 Å². The molecule has 1 fully saturated rings. The molecule has 1 heterocycles. The lowest BCUT2D eigenvalue weighted by Crippen LogP contribution is -2.24. The lowest BCUT2D eigenvalue weighted by molar-refractivity contribution is -0.128. The first-order chi connectivity index (χ1) is 13.0. The normalized spacial score (nSPS) is 13.6. The molecule has 3 rings (SSSR count). The third-order valence-electron chi connectivity index (χ3n) is 4.63. The van der Waals surface area contributed by atoms with Gasteiger partial charge >= 0.3 is 5.97 Å². The predicted molar refractivity (Wildman–Crippen MR) is 102 cm³/mol. The van der Waals surface area contributed by atoms with Gasteiger partial charge in [0.15, 0.2) is 0 Å². The van der Waals surface area contributed by atoms with Crippen LogP contribution in [-0.4, -0.2) is 36.3 Å². The summed E-state index contributed by atoms with van der Waals surface area (Å²) < 4.78 is 4.70. The first kappa shape index (κ1) is 18.6. The molecule has 0 saturated carbocycles. The average Bonchev–Trinajstić information content (AvgIpc) is 3.07. The third kappa shape index (κ3) is 4.34. The number of aryl methyl sites for hydroxylation is 1. The van der Waals surface area contributed by atoms with Crippen LogP contribution >= 0.6 is 0 Å². The first-order valence-corrected chi connectivity index (χ1v) is 8.85. The maximum atomic E-state index is 12.6. The smallest absolute Gasteiger partial charge is 0.337 e. The number of nitrogens with zero attached hydrogens (tertiary/aromatic N) is 1. The Morgan fingerprint density at radius 2 is 1.96 bits per heavy atom.